The van der Waals surface area contributed by atoms with Crippen LogP contribution in [-0.4, -0.2) is 53.9 Å². The Morgan fingerprint density at radius 1 is 0.571 bits per heavy atom. The van der Waals surface area contributed by atoms with Crippen LogP contribution in [0.1, 0.15) is 12.8 Å². The second-order valence-electron chi connectivity index (χ2n) is 2.92. The molecule has 14 heavy (non-hydrogen) atoms. The summed E-state index contributed by atoms with van der Waals surface area (Å²) in [5.41, 5.74) is 0. The van der Waals surface area contributed by atoms with Crippen molar-refractivity contribution < 1.29 is 18.9 Å². The zero-order chi connectivity index (χ0) is 10.5. The molecule has 0 aliphatic rings. The molecule has 0 atom stereocenters. The van der Waals surface area contributed by atoms with Gasteiger partial charge in [-0.25, -0.2) is 0 Å². The molecular formula is C10H22O4. The van der Waals surface area contributed by atoms with Crippen molar-refractivity contribution in [2.75, 3.05) is 53.9 Å². The number of rotatable bonds is 11. The number of methoxy groups -OCH3 is 2. The molecule has 0 unspecified atom stereocenters. The highest BCUT2D eigenvalue weighted by Crippen LogP contribution is 1.88. The Morgan fingerprint density at radius 3 is 1.64 bits per heavy atom. The first kappa shape index (κ1) is 13.8. The maximum absolute atomic E-state index is 5.35. The van der Waals surface area contributed by atoms with E-state index in [9.17, 15) is 0 Å². The van der Waals surface area contributed by atoms with Gasteiger partial charge >= 0.3 is 0 Å². The van der Waals surface area contributed by atoms with Gasteiger partial charge in [-0.05, 0) is 12.8 Å². The van der Waals surface area contributed by atoms with Crippen LogP contribution in [0.5, 0.6) is 0 Å². The summed E-state index contributed by atoms with van der Waals surface area (Å²) in [5.74, 6) is 0. The molecule has 0 aromatic carbocycles. The van der Waals surface area contributed by atoms with E-state index >= 15 is 0 Å². The molecule has 0 saturated heterocycles. The quantitative estimate of drug-likeness (QED) is 0.474. The van der Waals surface area contributed by atoms with Crippen molar-refractivity contribution in [1.29, 1.82) is 0 Å². The average molecular weight is 206 g/mol. The first-order chi connectivity index (χ1) is 6.91. The van der Waals surface area contributed by atoms with Crippen LogP contribution in [0.3, 0.4) is 0 Å². The second kappa shape index (κ2) is 12.8. The van der Waals surface area contributed by atoms with Gasteiger partial charge in [0, 0.05) is 40.6 Å². The summed E-state index contributed by atoms with van der Waals surface area (Å²) in [6.07, 6.45) is 1.90. The molecule has 0 spiro atoms. The van der Waals surface area contributed by atoms with Gasteiger partial charge in [-0.3, -0.25) is 0 Å². The molecule has 0 fully saturated rings. The molecule has 0 aromatic rings. The molecule has 86 valence electrons. The summed E-state index contributed by atoms with van der Waals surface area (Å²) in [6, 6.07) is 0. The van der Waals surface area contributed by atoms with Crippen LogP contribution in [0.2, 0.25) is 0 Å². The molecule has 0 N–H and O–H groups in total. The lowest BCUT2D eigenvalue weighted by Gasteiger charge is -2.04. The van der Waals surface area contributed by atoms with Gasteiger partial charge in [0.05, 0.1) is 13.2 Å². The third kappa shape index (κ3) is 11.8. The SMILES string of the molecule is COCCCOCCCOCCOC. The standard InChI is InChI=1S/C10H22O4/c1-11-5-3-6-13-7-4-8-14-10-9-12-2/h3-10H2,1-2H3. The Balaban J connectivity index is 2.78. The molecule has 4 nitrogen and oxygen atoms in total. The number of hydrogen-bond donors (Lipinski definition) is 0. The molecular weight excluding hydrogens is 184 g/mol. The first-order valence-corrected chi connectivity index (χ1v) is 5.05. The Morgan fingerprint density at radius 2 is 1.07 bits per heavy atom. The van der Waals surface area contributed by atoms with E-state index in [4.69, 9.17) is 18.9 Å². The van der Waals surface area contributed by atoms with Gasteiger partial charge in [0.2, 0.25) is 0 Å². The fraction of sp³-hybridized carbons (Fsp3) is 1.00. The largest absolute Gasteiger partial charge is 0.385 e. The van der Waals surface area contributed by atoms with Crippen molar-refractivity contribution in [1.82, 2.24) is 0 Å². The fourth-order valence-corrected chi connectivity index (χ4v) is 0.915. The molecule has 0 amide bonds. The van der Waals surface area contributed by atoms with Gasteiger partial charge in [0.15, 0.2) is 0 Å². The van der Waals surface area contributed by atoms with E-state index in [2.05, 4.69) is 0 Å². The highest BCUT2D eigenvalue weighted by Gasteiger charge is 1.90. The number of hydrogen-bond acceptors (Lipinski definition) is 4. The van der Waals surface area contributed by atoms with Gasteiger partial charge in [0.1, 0.15) is 0 Å². The minimum Gasteiger partial charge on any atom is -0.385 e. The lowest BCUT2D eigenvalue weighted by molar-refractivity contribution is 0.0477. The second-order valence-corrected chi connectivity index (χ2v) is 2.92. The van der Waals surface area contributed by atoms with Crippen LogP contribution in [0.15, 0.2) is 0 Å². The molecule has 4 heteroatoms. The van der Waals surface area contributed by atoms with Crippen LogP contribution in [0.25, 0.3) is 0 Å². The van der Waals surface area contributed by atoms with E-state index in [1.807, 2.05) is 0 Å². The van der Waals surface area contributed by atoms with E-state index in [-0.39, 0.29) is 0 Å². The molecule has 0 aromatic heterocycles. The van der Waals surface area contributed by atoms with Crippen molar-refractivity contribution in [3.63, 3.8) is 0 Å². The third-order valence-electron chi connectivity index (χ3n) is 1.65. The molecule has 0 aliphatic heterocycles. The topological polar surface area (TPSA) is 36.9 Å². The molecule has 0 radical (unpaired) electrons. The van der Waals surface area contributed by atoms with Gasteiger partial charge < -0.3 is 18.9 Å². The van der Waals surface area contributed by atoms with Crippen LogP contribution in [0, 0.1) is 0 Å². The fourth-order valence-electron chi connectivity index (χ4n) is 0.915. The Bertz CT molecular complexity index is 86.1. The zero-order valence-corrected chi connectivity index (χ0v) is 9.29. The smallest absolute Gasteiger partial charge is 0.0700 e. The minimum absolute atomic E-state index is 0.661. The summed E-state index contributed by atoms with van der Waals surface area (Å²) in [7, 11) is 3.37. The van der Waals surface area contributed by atoms with Gasteiger partial charge in [-0.1, -0.05) is 0 Å². The summed E-state index contributed by atoms with van der Waals surface area (Å²) in [5, 5.41) is 0. The van der Waals surface area contributed by atoms with Crippen molar-refractivity contribution in [3.05, 3.63) is 0 Å². The van der Waals surface area contributed by atoms with Crippen molar-refractivity contribution in [2.45, 2.75) is 12.8 Å². The Hall–Kier alpha value is -0.160. The van der Waals surface area contributed by atoms with Crippen molar-refractivity contribution in [2.24, 2.45) is 0 Å². The van der Waals surface area contributed by atoms with Gasteiger partial charge in [-0.2, -0.15) is 0 Å². The molecule has 0 aliphatic carbocycles. The molecule has 0 saturated carbocycles. The predicted molar refractivity (Wildman–Crippen MR) is 54.6 cm³/mol. The molecule has 0 bridgehead atoms. The van der Waals surface area contributed by atoms with Crippen molar-refractivity contribution >= 4 is 0 Å². The lowest BCUT2D eigenvalue weighted by Crippen LogP contribution is -2.06. The monoisotopic (exact) mass is 206 g/mol. The van der Waals surface area contributed by atoms with Crippen LogP contribution in [0.4, 0.5) is 0 Å². The number of ether oxygens (including phenoxy) is 4. The lowest BCUT2D eigenvalue weighted by atomic mass is 10.4. The van der Waals surface area contributed by atoms with Gasteiger partial charge in [0.25, 0.3) is 0 Å². The van der Waals surface area contributed by atoms with Crippen LogP contribution < -0.4 is 0 Å². The van der Waals surface area contributed by atoms with E-state index < -0.39 is 0 Å². The first-order valence-electron chi connectivity index (χ1n) is 5.05. The van der Waals surface area contributed by atoms with E-state index in [0.717, 1.165) is 39.3 Å². The highest BCUT2D eigenvalue weighted by molar-refractivity contribution is 4.37. The van der Waals surface area contributed by atoms with E-state index in [0.29, 0.717) is 13.2 Å². The third-order valence-corrected chi connectivity index (χ3v) is 1.65. The maximum atomic E-state index is 5.35. The predicted octanol–water partition coefficient (Wildman–Crippen LogP) is 1.09. The Labute approximate surface area is 86.5 Å². The molecule has 0 rings (SSSR count). The van der Waals surface area contributed by atoms with E-state index in [1.54, 1.807) is 14.2 Å². The summed E-state index contributed by atoms with van der Waals surface area (Å²) in [6.45, 7) is 4.37. The normalized spacial score (nSPS) is 10.7. The summed E-state index contributed by atoms with van der Waals surface area (Å²) in [4.78, 5) is 0. The molecule has 0 heterocycles. The van der Waals surface area contributed by atoms with Crippen LogP contribution >= 0.6 is 0 Å². The van der Waals surface area contributed by atoms with Crippen LogP contribution in [-0.2, 0) is 18.9 Å². The summed E-state index contributed by atoms with van der Waals surface area (Å²) >= 11 is 0. The summed E-state index contributed by atoms with van der Waals surface area (Å²) < 4.78 is 20.4. The van der Waals surface area contributed by atoms with Crippen molar-refractivity contribution in [3.8, 4) is 0 Å². The Kier molecular flexibility index (Phi) is 12.7. The van der Waals surface area contributed by atoms with E-state index in [1.165, 1.54) is 0 Å². The van der Waals surface area contributed by atoms with Gasteiger partial charge in [-0.15, -0.1) is 0 Å². The minimum atomic E-state index is 0.661. The zero-order valence-electron chi connectivity index (χ0n) is 9.29. The average Bonchev–Trinajstić information content (AvgIpc) is 2.21. The maximum Gasteiger partial charge on any atom is 0.0700 e. The highest BCUT2D eigenvalue weighted by atomic mass is 16.5.